The van der Waals surface area contributed by atoms with Gasteiger partial charge in [0.25, 0.3) is 0 Å². The van der Waals surface area contributed by atoms with Crippen molar-refractivity contribution in [1.82, 2.24) is 19.7 Å². The number of aromatic nitrogens is 1. The van der Waals surface area contributed by atoms with Crippen molar-refractivity contribution >= 4 is 35.0 Å². The number of benzene rings is 2. The number of nitrogens with zero attached hydrogens (tertiary/aromatic N) is 4. The number of pyridine rings is 1. The summed E-state index contributed by atoms with van der Waals surface area (Å²) < 4.78 is 0. The van der Waals surface area contributed by atoms with Crippen LogP contribution in [0, 0.1) is 6.92 Å². The van der Waals surface area contributed by atoms with E-state index < -0.39 is 0 Å². The highest BCUT2D eigenvalue weighted by atomic mass is 35.5. The smallest absolute Gasteiger partial charge is 0.247 e. The number of likely N-dealkylation sites (tertiary alicyclic amines) is 2. The highest BCUT2D eigenvalue weighted by molar-refractivity contribution is 6.30. The average Bonchev–Trinajstić information content (AvgIpc) is 2.97. The predicted octanol–water partition coefficient (Wildman–Crippen LogP) is 6.39. The third-order valence-corrected chi connectivity index (χ3v) is 8.46. The van der Waals surface area contributed by atoms with Crippen molar-refractivity contribution in [3.05, 3.63) is 94.8 Å². The van der Waals surface area contributed by atoms with Gasteiger partial charge in [-0.25, -0.2) is 0 Å². The summed E-state index contributed by atoms with van der Waals surface area (Å²) in [4.78, 5) is 25.1. The van der Waals surface area contributed by atoms with Gasteiger partial charge in [-0.15, -0.1) is 0 Å². The van der Waals surface area contributed by atoms with E-state index in [9.17, 15) is 4.79 Å². The van der Waals surface area contributed by atoms with Gasteiger partial charge >= 0.3 is 0 Å². The standard InChI is InChI=1S/C33H40ClN5O/c1-25-23-30(13-18-35-25)36-29-10-5-27(6-11-29)24-39(33(40)12-7-26-3-8-28(34)9-4-26)32-16-21-38(22-17-32)31-14-19-37(2)20-15-31/h3-13,18,23,31-32H,14-17,19-22,24H2,1-2H3,(H,35,36). The van der Waals surface area contributed by atoms with E-state index in [0.29, 0.717) is 17.6 Å². The van der Waals surface area contributed by atoms with Crippen LogP contribution in [0.2, 0.25) is 5.02 Å². The maximum absolute atomic E-state index is 13.6. The summed E-state index contributed by atoms with van der Waals surface area (Å²) in [6, 6.07) is 20.9. The van der Waals surface area contributed by atoms with Gasteiger partial charge in [-0.2, -0.15) is 0 Å². The van der Waals surface area contributed by atoms with E-state index in [1.54, 1.807) is 6.08 Å². The number of aryl methyl sites for hydroxylation is 1. The minimum Gasteiger partial charge on any atom is -0.355 e. The van der Waals surface area contributed by atoms with Crippen LogP contribution in [0.1, 0.15) is 42.5 Å². The van der Waals surface area contributed by atoms with Crippen molar-refractivity contribution in [2.45, 2.75) is 51.2 Å². The molecule has 0 unspecified atom stereocenters. The van der Waals surface area contributed by atoms with E-state index in [-0.39, 0.29) is 11.9 Å². The first-order valence-corrected chi connectivity index (χ1v) is 14.8. The Balaban J connectivity index is 1.27. The summed E-state index contributed by atoms with van der Waals surface area (Å²) in [5.74, 6) is 0.0575. The number of hydrogen-bond donors (Lipinski definition) is 1. The summed E-state index contributed by atoms with van der Waals surface area (Å²) >= 11 is 6.04. The number of anilines is 2. The SMILES string of the molecule is Cc1cc(Nc2ccc(CN(C(=O)C=Cc3ccc(Cl)cc3)C3CCN(C4CCN(C)CC4)CC3)cc2)ccn1. The molecular weight excluding hydrogens is 518 g/mol. The van der Waals surface area contributed by atoms with Crippen LogP contribution in [0.5, 0.6) is 0 Å². The van der Waals surface area contributed by atoms with Gasteiger partial charge < -0.3 is 20.0 Å². The minimum absolute atomic E-state index is 0.0575. The summed E-state index contributed by atoms with van der Waals surface area (Å²) in [7, 11) is 2.21. The maximum atomic E-state index is 13.6. The molecule has 0 spiro atoms. The van der Waals surface area contributed by atoms with Gasteiger partial charge in [0.05, 0.1) is 0 Å². The number of rotatable bonds is 8. The summed E-state index contributed by atoms with van der Waals surface area (Å²) in [6.45, 7) is 7.04. The number of halogens is 1. The number of carbonyl (C=O) groups is 1. The predicted molar refractivity (Wildman–Crippen MR) is 165 cm³/mol. The molecule has 1 amide bonds. The zero-order valence-corrected chi connectivity index (χ0v) is 24.4. The third kappa shape index (κ3) is 7.72. The second kappa shape index (κ2) is 13.4. The molecule has 2 aromatic carbocycles. The minimum atomic E-state index is 0.0575. The lowest BCUT2D eigenvalue weighted by atomic mass is 9.96. The zero-order chi connectivity index (χ0) is 27.9. The van der Waals surface area contributed by atoms with Crippen LogP contribution in [-0.2, 0) is 11.3 Å². The van der Waals surface area contributed by atoms with Crippen LogP contribution in [0.25, 0.3) is 6.08 Å². The molecule has 0 aliphatic carbocycles. The molecule has 0 saturated carbocycles. The molecule has 3 aromatic rings. The first-order chi connectivity index (χ1) is 19.4. The van der Waals surface area contributed by atoms with E-state index in [1.807, 2.05) is 55.6 Å². The van der Waals surface area contributed by atoms with Gasteiger partial charge in [-0.1, -0.05) is 35.9 Å². The topological polar surface area (TPSA) is 51.7 Å². The molecule has 210 valence electrons. The van der Waals surface area contributed by atoms with Crippen LogP contribution < -0.4 is 5.32 Å². The van der Waals surface area contributed by atoms with Crippen molar-refractivity contribution in [2.24, 2.45) is 0 Å². The van der Waals surface area contributed by atoms with E-state index in [2.05, 4.69) is 56.3 Å². The lowest BCUT2D eigenvalue weighted by molar-refractivity contribution is -0.130. The van der Waals surface area contributed by atoms with Gasteiger partial charge in [0.1, 0.15) is 0 Å². The first-order valence-electron chi connectivity index (χ1n) is 14.4. The van der Waals surface area contributed by atoms with E-state index >= 15 is 0 Å². The van der Waals surface area contributed by atoms with Gasteiger partial charge in [-0.3, -0.25) is 9.78 Å². The largest absolute Gasteiger partial charge is 0.355 e. The Morgan fingerprint density at radius 1 is 0.975 bits per heavy atom. The summed E-state index contributed by atoms with van der Waals surface area (Å²) in [5, 5.41) is 4.14. The van der Waals surface area contributed by atoms with Gasteiger partial charge in [0, 0.05) is 66.1 Å². The van der Waals surface area contributed by atoms with E-state index in [1.165, 1.54) is 25.9 Å². The highest BCUT2D eigenvalue weighted by Gasteiger charge is 2.31. The van der Waals surface area contributed by atoms with E-state index in [0.717, 1.165) is 54.1 Å². The molecule has 1 N–H and O–H groups in total. The van der Waals surface area contributed by atoms with E-state index in [4.69, 9.17) is 11.6 Å². The van der Waals surface area contributed by atoms with Gasteiger partial charge in [0.2, 0.25) is 5.91 Å². The summed E-state index contributed by atoms with van der Waals surface area (Å²) in [6.07, 6.45) is 9.92. The first kappa shape index (κ1) is 28.3. The number of hydrogen-bond acceptors (Lipinski definition) is 5. The molecule has 6 nitrogen and oxygen atoms in total. The molecule has 5 rings (SSSR count). The Morgan fingerprint density at radius 2 is 1.68 bits per heavy atom. The molecule has 0 radical (unpaired) electrons. The molecule has 2 aliphatic rings. The monoisotopic (exact) mass is 557 g/mol. The lowest BCUT2D eigenvalue weighted by Crippen LogP contribution is -2.51. The summed E-state index contributed by atoms with van der Waals surface area (Å²) in [5.41, 5.74) is 5.10. The molecule has 2 fully saturated rings. The molecule has 2 aliphatic heterocycles. The van der Waals surface area contributed by atoms with Crippen molar-refractivity contribution in [2.75, 3.05) is 38.5 Å². The van der Waals surface area contributed by atoms with Crippen molar-refractivity contribution in [3.8, 4) is 0 Å². The fourth-order valence-corrected chi connectivity index (χ4v) is 5.95. The molecule has 7 heteroatoms. The van der Waals surface area contributed by atoms with Gasteiger partial charge in [0.15, 0.2) is 0 Å². The zero-order valence-electron chi connectivity index (χ0n) is 23.6. The molecule has 3 heterocycles. The molecular formula is C33H40ClN5O. The highest BCUT2D eigenvalue weighted by Crippen LogP contribution is 2.26. The molecule has 0 bridgehead atoms. The lowest BCUT2D eigenvalue weighted by Gasteiger charge is -2.43. The van der Waals surface area contributed by atoms with Crippen LogP contribution in [0.4, 0.5) is 11.4 Å². The Hall–Kier alpha value is -3.19. The average molecular weight is 558 g/mol. The Bertz CT molecular complexity index is 1280. The van der Waals surface area contributed by atoms with Crippen LogP contribution in [-0.4, -0.2) is 70.9 Å². The molecule has 0 atom stereocenters. The second-order valence-electron chi connectivity index (χ2n) is 11.2. The second-order valence-corrected chi connectivity index (χ2v) is 11.6. The number of carbonyl (C=O) groups excluding carboxylic acids is 1. The maximum Gasteiger partial charge on any atom is 0.247 e. The fraction of sp³-hybridized carbons (Fsp3) is 0.394. The Labute approximate surface area is 243 Å². The van der Waals surface area contributed by atoms with Crippen molar-refractivity contribution < 1.29 is 4.79 Å². The van der Waals surface area contributed by atoms with Gasteiger partial charge in [-0.05, 0) is 106 Å². The number of piperidine rings is 2. The number of amides is 1. The molecule has 1 aromatic heterocycles. The normalized spacial score (nSPS) is 17.8. The third-order valence-electron chi connectivity index (χ3n) is 8.21. The van der Waals surface area contributed by atoms with Crippen LogP contribution >= 0.6 is 11.6 Å². The quantitative estimate of drug-likeness (QED) is 0.325. The van der Waals surface area contributed by atoms with Crippen LogP contribution in [0.15, 0.2) is 72.9 Å². The van der Waals surface area contributed by atoms with Crippen molar-refractivity contribution in [3.63, 3.8) is 0 Å². The number of nitrogens with one attached hydrogen (secondary N) is 1. The van der Waals surface area contributed by atoms with Crippen molar-refractivity contribution in [1.29, 1.82) is 0 Å². The Morgan fingerprint density at radius 3 is 2.35 bits per heavy atom. The fourth-order valence-electron chi connectivity index (χ4n) is 5.83. The van der Waals surface area contributed by atoms with Crippen LogP contribution in [0.3, 0.4) is 0 Å². The molecule has 40 heavy (non-hydrogen) atoms. The Kier molecular flexibility index (Phi) is 9.53. The molecule has 2 saturated heterocycles.